The Hall–Kier alpha value is -2.96. The van der Waals surface area contributed by atoms with Crippen LogP contribution in [0.3, 0.4) is 0 Å². The number of benzene rings is 1. The summed E-state index contributed by atoms with van der Waals surface area (Å²) in [6, 6.07) is 2.90. The highest BCUT2D eigenvalue weighted by Crippen LogP contribution is 2.39. The van der Waals surface area contributed by atoms with E-state index in [1.54, 1.807) is 18.2 Å². The van der Waals surface area contributed by atoms with Gasteiger partial charge < -0.3 is 19.5 Å². The number of hydrogen-bond donors (Lipinski definition) is 1. The van der Waals surface area contributed by atoms with Crippen LogP contribution >= 0.6 is 0 Å². The van der Waals surface area contributed by atoms with Gasteiger partial charge in [-0.15, -0.1) is 6.58 Å². The summed E-state index contributed by atoms with van der Waals surface area (Å²) >= 11 is 0. The van der Waals surface area contributed by atoms with Gasteiger partial charge in [0.05, 0.1) is 7.11 Å². The number of ether oxygens (including phenoxy) is 3. The van der Waals surface area contributed by atoms with E-state index in [0.717, 1.165) is 4.90 Å². The minimum Gasteiger partial charge on any atom is -0.496 e. The lowest BCUT2D eigenvalue weighted by Crippen LogP contribution is -2.30. The van der Waals surface area contributed by atoms with E-state index in [1.807, 2.05) is 0 Å². The Balaban J connectivity index is 1.97. The van der Waals surface area contributed by atoms with E-state index in [2.05, 4.69) is 11.9 Å². The predicted octanol–water partition coefficient (Wildman–Crippen LogP) is 1.50. The SMILES string of the molecule is C=CCN1C(=O)N/C(=C/c2cc3c(cc2OC)OCO3)C1=O. The van der Waals surface area contributed by atoms with Gasteiger partial charge in [0.15, 0.2) is 11.5 Å². The topological polar surface area (TPSA) is 77.1 Å². The van der Waals surface area contributed by atoms with Crippen LogP contribution in [0.1, 0.15) is 5.56 Å². The average molecular weight is 302 g/mol. The first-order valence-electron chi connectivity index (χ1n) is 6.57. The van der Waals surface area contributed by atoms with Crippen molar-refractivity contribution in [3.05, 3.63) is 36.0 Å². The Morgan fingerprint density at radius 3 is 2.77 bits per heavy atom. The first-order valence-corrected chi connectivity index (χ1v) is 6.57. The second-order valence-electron chi connectivity index (χ2n) is 4.64. The zero-order valence-electron chi connectivity index (χ0n) is 11.9. The van der Waals surface area contributed by atoms with E-state index in [1.165, 1.54) is 13.2 Å². The van der Waals surface area contributed by atoms with Crippen molar-refractivity contribution in [2.24, 2.45) is 0 Å². The number of nitrogens with one attached hydrogen (secondary N) is 1. The van der Waals surface area contributed by atoms with Gasteiger partial charge in [-0.25, -0.2) is 4.79 Å². The molecule has 1 fully saturated rings. The molecule has 0 bridgehead atoms. The minimum absolute atomic E-state index is 0.140. The Labute approximate surface area is 126 Å². The summed E-state index contributed by atoms with van der Waals surface area (Å²) in [5.74, 6) is 1.24. The molecular formula is C15H14N2O5. The largest absolute Gasteiger partial charge is 0.496 e. The van der Waals surface area contributed by atoms with Crippen molar-refractivity contribution in [2.75, 3.05) is 20.4 Å². The highest BCUT2D eigenvalue weighted by Gasteiger charge is 2.32. The van der Waals surface area contributed by atoms with E-state index in [4.69, 9.17) is 14.2 Å². The number of imide groups is 1. The van der Waals surface area contributed by atoms with E-state index in [9.17, 15) is 9.59 Å². The maximum atomic E-state index is 12.2. The van der Waals surface area contributed by atoms with Crippen LogP contribution in [-0.4, -0.2) is 37.3 Å². The van der Waals surface area contributed by atoms with Gasteiger partial charge in [-0.05, 0) is 12.1 Å². The number of fused-ring (bicyclic) bond motifs is 1. The molecule has 2 aliphatic rings. The number of methoxy groups -OCH3 is 1. The number of amides is 3. The molecular weight excluding hydrogens is 288 g/mol. The second-order valence-corrected chi connectivity index (χ2v) is 4.64. The smallest absolute Gasteiger partial charge is 0.329 e. The van der Waals surface area contributed by atoms with Gasteiger partial charge in [-0.3, -0.25) is 9.69 Å². The first-order chi connectivity index (χ1) is 10.6. The Morgan fingerprint density at radius 1 is 1.36 bits per heavy atom. The average Bonchev–Trinajstić information content (AvgIpc) is 3.06. The summed E-state index contributed by atoms with van der Waals surface area (Å²) in [5.41, 5.74) is 0.778. The molecule has 1 aromatic rings. The van der Waals surface area contributed by atoms with Crippen LogP contribution in [0.2, 0.25) is 0 Å². The summed E-state index contributed by atoms with van der Waals surface area (Å²) in [6.07, 6.45) is 3.03. The van der Waals surface area contributed by atoms with Crippen molar-refractivity contribution < 1.29 is 23.8 Å². The fourth-order valence-corrected chi connectivity index (χ4v) is 2.25. The molecule has 3 amide bonds. The predicted molar refractivity (Wildman–Crippen MR) is 77.5 cm³/mol. The third-order valence-corrected chi connectivity index (χ3v) is 3.30. The number of urea groups is 1. The lowest BCUT2D eigenvalue weighted by atomic mass is 10.1. The molecule has 0 atom stereocenters. The maximum absolute atomic E-state index is 12.2. The Morgan fingerprint density at radius 2 is 2.09 bits per heavy atom. The molecule has 1 saturated heterocycles. The minimum atomic E-state index is -0.476. The summed E-state index contributed by atoms with van der Waals surface area (Å²) in [7, 11) is 1.51. The lowest BCUT2D eigenvalue weighted by molar-refractivity contribution is -0.122. The highest BCUT2D eigenvalue weighted by atomic mass is 16.7. The molecule has 22 heavy (non-hydrogen) atoms. The van der Waals surface area contributed by atoms with Crippen LogP contribution in [0.4, 0.5) is 4.79 Å². The number of carbonyl (C=O) groups excluding carboxylic acids is 2. The van der Waals surface area contributed by atoms with Gasteiger partial charge in [-0.2, -0.15) is 0 Å². The van der Waals surface area contributed by atoms with Crippen LogP contribution in [0.25, 0.3) is 6.08 Å². The van der Waals surface area contributed by atoms with Crippen LogP contribution in [0, 0.1) is 0 Å². The monoisotopic (exact) mass is 302 g/mol. The molecule has 0 saturated carbocycles. The molecule has 2 aliphatic heterocycles. The Bertz CT molecular complexity index is 695. The molecule has 0 radical (unpaired) electrons. The third kappa shape index (κ3) is 2.26. The van der Waals surface area contributed by atoms with E-state index >= 15 is 0 Å². The van der Waals surface area contributed by atoms with Crippen molar-refractivity contribution in [3.8, 4) is 17.2 Å². The molecule has 1 N–H and O–H groups in total. The summed E-state index contributed by atoms with van der Waals surface area (Å²) in [6.45, 7) is 3.82. The van der Waals surface area contributed by atoms with Crippen molar-refractivity contribution in [2.45, 2.75) is 0 Å². The third-order valence-electron chi connectivity index (χ3n) is 3.30. The normalized spacial score (nSPS) is 17.9. The van der Waals surface area contributed by atoms with Crippen molar-refractivity contribution >= 4 is 18.0 Å². The Kier molecular flexibility index (Phi) is 3.46. The first kappa shape index (κ1) is 14.0. The van der Waals surface area contributed by atoms with Gasteiger partial charge >= 0.3 is 6.03 Å². The number of rotatable bonds is 4. The van der Waals surface area contributed by atoms with Gasteiger partial charge in [0, 0.05) is 18.2 Å². The fraction of sp³-hybridized carbons (Fsp3) is 0.200. The molecule has 7 nitrogen and oxygen atoms in total. The molecule has 0 spiro atoms. The molecule has 1 aromatic carbocycles. The van der Waals surface area contributed by atoms with Gasteiger partial charge in [0.2, 0.25) is 6.79 Å². The molecule has 7 heteroatoms. The fourth-order valence-electron chi connectivity index (χ4n) is 2.25. The van der Waals surface area contributed by atoms with E-state index in [-0.39, 0.29) is 19.0 Å². The van der Waals surface area contributed by atoms with Crippen molar-refractivity contribution in [3.63, 3.8) is 0 Å². The lowest BCUT2D eigenvalue weighted by Gasteiger charge is -2.08. The molecule has 114 valence electrons. The van der Waals surface area contributed by atoms with Gasteiger partial charge in [0.1, 0.15) is 11.4 Å². The zero-order chi connectivity index (χ0) is 15.7. The number of nitrogens with zero attached hydrogens (tertiary/aromatic N) is 1. The van der Waals surface area contributed by atoms with Gasteiger partial charge in [0.25, 0.3) is 5.91 Å². The maximum Gasteiger partial charge on any atom is 0.329 e. The molecule has 0 aromatic heterocycles. The van der Waals surface area contributed by atoms with Gasteiger partial charge in [-0.1, -0.05) is 6.08 Å². The van der Waals surface area contributed by atoms with E-state index < -0.39 is 11.9 Å². The van der Waals surface area contributed by atoms with Crippen LogP contribution < -0.4 is 19.5 Å². The highest BCUT2D eigenvalue weighted by molar-refractivity contribution is 6.14. The quantitative estimate of drug-likeness (QED) is 0.518. The number of hydrogen-bond acceptors (Lipinski definition) is 5. The molecule has 0 unspecified atom stereocenters. The van der Waals surface area contributed by atoms with Crippen LogP contribution in [0.5, 0.6) is 17.2 Å². The van der Waals surface area contributed by atoms with Crippen LogP contribution in [-0.2, 0) is 4.79 Å². The van der Waals surface area contributed by atoms with Crippen LogP contribution in [0.15, 0.2) is 30.5 Å². The summed E-state index contributed by atoms with van der Waals surface area (Å²) < 4.78 is 15.9. The zero-order valence-corrected chi connectivity index (χ0v) is 11.9. The standard InChI is InChI=1S/C15H14N2O5/c1-3-4-17-14(18)10(16-15(17)19)5-9-6-12-13(22-8-21-12)7-11(9)20-2/h3,5-7H,1,4,8H2,2H3,(H,16,19)/b10-5+. The van der Waals surface area contributed by atoms with Crippen molar-refractivity contribution in [1.29, 1.82) is 0 Å². The molecule has 0 aliphatic carbocycles. The summed E-state index contributed by atoms with van der Waals surface area (Å²) in [5, 5.41) is 2.53. The second kappa shape index (κ2) is 5.44. The molecule has 3 rings (SSSR count). The number of carbonyl (C=O) groups is 2. The van der Waals surface area contributed by atoms with E-state index in [0.29, 0.717) is 22.8 Å². The van der Waals surface area contributed by atoms with Crippen molar-refractivity contribution in [1.82, 2.24) is 10.2 Å². The summed E-state index contributed by atoms with van der Waals surface area (Å²) in [4.78, 5) is 25.0. The molecule has 2 heterocycles.